The molecule has 0 atom stereocenters. The first-order valence-electron chi connectivity index (χ1n) is 5.58. The Hall–Kier alpha value is -1.63. The third-order valence-electron chi connectivity index (χ3n) is 2.53. The van der Waals surface area contributed by atoms with Crippen LogP contribution in [0.5, 0.6) is 0 Å². The lowest BCUT2D eigenvalue weighted by atomic mass is 10.2. The van der Waals surface area contributed by atoms with E-state index in [1.165, 1.54) is 0 Å². The lowest BCUT2D eigenvalue weighted by molar-refractivity contribution is 0.215. The zero-order valence-corrected chi connectivity index (χ0v) is 10.5. The molecular formula is C10H20N6O. The molecule has 0 aliphatic rings. The number of hydrogen-bond acceptors (Lipinski definition) is 5. The highest BCUT2D eigenvalue weighted by Crippen LogP contribution is 2.06. The van der Waals surface area contributed by atoms with Crippen molar-refractivity contribution in [3.8, 4) is 0 Å². The molecule has 17 heavy (non-hydrogen) atoms. The molecule has 0 amide bonds. The summed E-state index contributed by atoms with van der Waals surface area (Å²) in [6.07, 6.45) is 2.42. The van der Waals surface area contributed by atoms with E-state index in [9.17, 15) is 0 Å². The predicted molar refractivity (Wildman–Crippen MR) is 64.6 cm³/mol. The Bertz CT molecular complexity index is 373. The van der Waals surface area contributed by atoms with Gasteiger partial charge in [-0.25, -0.2) is 0 Å². The van der Waals surface area contributed by atoms with Gasteiger partial charge < -0.3 is 10.9 Å². The van der Waals surface area contributed by atoms with Crippen LogP contribution in [0.2, 0.25) is 0 Å². The van der Waals surface area contributed by atoms with Crippen LogP contribution in [0.3, 0.4) is 0 Å². The number of amidine groups is 1. The molecule has 1 rings (SSSR count). The van der Waals surface area contributed by atoms with E-state index in [1.54, 1.807) is 4.68 Å². The van der Waals surface area contributed by atoms with Crippen LogP contribution in [0.15, 0.2) is 11.4 Å². The van der Waals surface area contributed by atoms with Crippen molar-refractivity contribution in [3.63, 3.8) is 0 Å². The highest BCUT2D eigenvalue weighted by molar-refractivity contribution is 5.79. The van der Waals surface area contributed by atoms with Gasteiger partial charge >= 0.3 is 0 Å². The lowest BCUT2D eigenvalue weighted by Crippen LogP contribution is -2.33. The quantitative estimate of drug-likeness (QED) is 0.320. The summed E-state index contributed by atoms with van der Waals surface area (Å²) in [7, 11) is 1.84. The van der Waals surface area contributed by atoms with E-state index < -0.39 is 0 Å². The summed E-state index contributed by atoms with van der Waals surface area (Å²) >= 11 is 0. The molecule has 7 nitrogen and oxygen atoms in total. The van der Waals surface area contributed by atoms with Gasteiger partial charge in [0.2, 0.25) is 0 Å². The molecule has 0 saturated carbocycles. The smallest absolute Gasteiger partial charge is 0.140 e. The maximum atomic E-state index is 8.50. The van der Waals surface area contributed by atoms with Crippen molar-refractivity contribution >= 4 is 5.84 Å². The van der Waals surface area contributed by atoms with Crippen LogP contribution in [0.25, 0.3) is 0 Å². The van der Waals surface area contributed by atoms with Crippen molar-refractivity contribution in [2.45, 2.75) is 32.9 Å². The number of aromatic nitrogens is 3. The summed E-state index contributed by atoms with van der Waals surface area (Å²) in [6, 6.07) is 0.364. The van der Waals surface area contributed by atoms with Crippen LogP contribution in [0.4, 0.5) is 0 Å². The zero-order valence-electron chi connectivity index (χ0n) is 10.5. The fraction of sp³-hybridized carbons (Fsp3) is 0.700. The van der Waals surface area contributed by atoms with E-state index in [0.29, 0.717) is 19.0 Å². The normalized spacial score (nSPS) is 12.6. The maximum absolute atomic E-state index is 8.50. The van der Waals surface area contributed by atoms with Gasteiger partial charge in [-0.05, 0) is 13.8 Å². The molecule has 0 aromatic carbocycles. The van der Waals surface area contributed by atoms with Gasteiger partial charge in [0, 0.05) is 38.8 Å². The van der Waals surface area contributed by atoms with Crippen molar-refractivity contribution in [1.82, 2.24) is 19.9 Å². The highest BCUT2D eigenvalue weighted by atomic mass is 16.4. The van der Waals surface area contributed by atoms with Gasteiger partial charge in [-0.15, -0.1) is 5.10 Å². The van der Waals surface area contributed by atoms with Crippen LogP contribution >= 0.6 is 0 Å². The lowest BCUT2D eigenvalue weighted by Gasteiger charge is -2.24. The van der Waals surface area contributed by atoms with Gasteiger partial charge in [0.25, 0.3) is 0 Å². The Morgan fingerprint density at radius 2 is 2.35 bits per heavy atom. The standard InChI is InChI=1S/C10H20N6O/c1-8(2)16(5-4-10(11)13-17)7-9-6-15(3)14-12-9/h6,8,17H,4-5,7H2,1-3H3,(H2,11,13). The van der Waals surface area contributed by atoms with Crippen molar-refractivity contribution in [2.24, 2.45) is 17.9 Å². The van der Waals surface area contributed by atoms with Crippen molar-refractivity contribution in [3.05, 3.63) is 11.9 Å². The molecule has 96 valence electrons. The van der Waals surface area contributed by atoms with Gasteiger partial charge in [0.15, 0.2) is 0 Å². The minimum Gasteiger partial charge on any atom is -0.409 e. The zero-order chi connectivity index (χ0) is 12.8. The second-order valence-electron chi connectivity index (χ2n) is 4.29. The van der Waals surface area contributed by atoms with Crippen molar-refractivity contribution in [2.75, 3.05) is 6.54 Å². The molecule has 0 bridgehead atoms. The van der Waals surface area contributed by atoms with Crippen LogP contribution in [0, 0.1) is 0 Å². The molecule has 1 aromatic rings. The summed E-state index contributed by atoms with van der Waals surface area (Å²) in [5.74, 6) is 0.245. The number of oxime groups is 1. The second-order valence-corrected chi connectivity index (χ2v) is 4.29. The minimum absolute atomic E-state index is 0.245. The number of nitrogens with two attached hydrogens (primary N) is 1. The van der Waals surface area contributed by atoms with Gasteiger partial charge in [-0.1, -0.05) is 10.4 Å². The van der Waals surface area contributed by atoms with Gasteiger partial charge in [-0.3, -0.25) is 9.58 Å². The predicted octanol–water partition coefficient (Wildman–Crippen LogP) is 0.162. The Balaban J connectivity index is 2.54. The number of nitrogens with zero attached hydrogens (tertiary/aromatic N) is 5. The van der Waals surface area contributed by atoms with Crippen LogP contribution in [-0.2, 0) is 13.6 Å². The maximum Gasteiger partial charge on any atom is 0.140 e. The van der Waals surface area contributed by atoms with Crippen molar-refractivity contribution in [1.29, 1.82) is 0 Å². The van der Waals surface area contributed by atoms with Crippen LogP contribution in [0.1, 0.15) is 26.0 Å². The fourth-order valence-electron chi connectivity index (χ4n) is 1.50. The molecule has 0 fully saturated rings. The Labute approximate surface area is 101 Å². The SMILES string of the molecule is CC(C)N(CCC(N)=NO)Cc1cn(C)nn1. The van der Waals surface area contributed by atoms with E-state index in [0.717, 1.165) is 12.2 Å². The molecule has 3 N–H and O–H groups in total. The molecule has 7 heteroatoms. The Morgan fingerprint density at radius 1 is 1.65 bits per heavy atom. The molecule has 0 spiro atoms. The third-order valence-corrected chi connectivity index (χ3v) is 2.53. The first-order chi connectivity index (χ1) is 8.02. The number of rotatable bonds is 6. The first kappa shape index (κ1) is 13.4. The molecule has 0 aliphatic carbocycles. The van der Waals surface area contributed by atoms with Gasteiger partial charge in [0.1, 0.15) is 5.84 Å². The summed E-state index contributed by atoms with van der Waals surface area (Å²) in [5, 5.41) is 19.4. The second kappa shape index (κ2) is 6.19. The minimum atomic E-state index is 0.245. The molecule has 0 saturated heterocycles. The molecular weight excluding hydrogens is 220 g/mol. The summed E-state index contributed by atoms with van der Waals surface area (Å²) < 4.78 is 1.68. The number of hydrogen-bond donors (Lipinski definition) is 2. The van der Waals surface area contributed by atoms with Crippen LogP contribution < -0.4 is 5.73 Å². The molecule has 0 unspecified atom stereocenters. The fourth-order valence-corrected chi connectivity index (χ4v) is 1.50. The summed E-state index contributed by atoms with van der Waals surface area (Å²) in [6.45, 7) is 5.64. The average molecular weight is 240 g/mol. The highest BCUT2D eigenvalue weighted by Gasteiger charge is 2.12. The Kier molecular flexibility index (Phi) is 4.89. The van der Waals surface area contributed by atoms with Crippen LogP contribution in [-0.4, -0.2) is 43.5 Å². The van der Waals surface area contributed by atoms with Gasteiger partial charge in [0.05, 0.1) is 5.69 Å². The average Bonchev–Trinajstić information content (AvgIpc) is 2.69. The first-order valence-corrected chi connectivity index (χ1v) is 5.58. The molecule has 1 aromatic heterocycles. The van der Waals surface area contributed by atoms with E-state index in [4.69, 9.17) is 10.9 Å². The van der Waals surface area contributed by atoms with Gasteiger partial charge in [-0.2, -0.15) is 0 Å². The molecule has 0 aliphatic heterocycles. The van der Waals surface area contributed by atoms with E-state index >= 15 is 0 Å². The monoisotopic (exact) mass is 240 g/mol. The third kappa shape index (κ3) is 4.39. The summed E-state index contributed by atoms with van der Waals surface area (Å²) in [4.78, 5) is 2.20. The van der Waals surface area contributed by atoms with E-state index in [1.807, 2.05) is 13.2 Å². The molecule has 0 radical (unpaired) electrons. The summed E-state index contributed by atoms with van der Waals surface area (Å²) in [5.41, 5.74) is 6.38. The topological polar surface area (TPSA) is 92.6 Å². The van der Waals surface area contributed by atoms with Crippen molar-refractivity contribution < 1.29 is 5.21 Å². The largest absolute Gasteiger partial charge is 0.409 e. The molecule has 1 heterocycles. The van der Waals surface area contributed by atoms with E-state index in [2.05, 4.69) is 34.2 Å². The number of aryl methyl sites for hydroxylation is 1. The Morgan fingerprint density at radius 3 is 2.82 bits per heavy atom. The van der Waals surface area contributed by atoms with E-state index in [-0.39, 0.29) is 5.84 Å².